The number of ether oxygens (including phenoxy) is 1. The summed E-state index contributed by atoms with van der Waals surface area (Å²) in [4.78, 5) is 16.6. The van der Waals surface area contributed by atoms with Crippen molar-refractivity contribution in [3.63, 3.8) is 0 Å². The fourth-order valence-electron chi connectivity index (χ4n) is 2.73. The molecule has 4 heteroatoms. The first-order chi connectivity index (χ1) is 9.60. The highest BCUT2D eigenvalue weighted by atomic mass is 16.5. The molecule has 0 saturated carbocycles. The molecule has 0 N–H and O–H groups in total. The third-order valence-corrected chi connectivity index (χ3v) is 3.91. The van der Waals surface area contributed by atoms with Crippen LogP contribution in [0.5, 0.6) is 5.75 Å². The maximum atomic E-state index is 12.3. The van der Waals surface area contributed by atoms with Crippen LogP contribution in [0.2, 0.25) is 0 Å². The van der Waals surface area contributed by atoms with Gasteiger partial charge >= 0.3 is 0 Å². The predicted molar refractivity (Wildman–Crippen MR) is 80.0 cm³/mol. The number of carbonyl (C=O) groups is 1. The number of methoxy groups -OCH3 is 1. The van der Waals surface area contributed by atoms with E-state index in [0.29, 0.717) is 12.5 Å². The standard InChI is InChI=1S/C16H24N2O2/c1-13-12-17(2)9-10-18(13)16(19)8-7-14-5-4-6-15(11-14)20-3/h4-6,11,13H,7-10,12H2,1-3H3. The molecule has 1 atom stereocenters. The first-order valence-corrected chi connectivity index (χ1v) is 7.21. The van der Waals surface area contributed by atoms with E-state index >= 15 is 0 Å². The Labute approximate surface area is 121 Å². The fraction of sp³-hybridized carbons (Fsp3) is 0.562. The third-order valence-electron chi connectivity index (χ3n) is 3.91. The van der Waals surface area contributed by atoms with Gasteiger partial charge in [0.2, 0.25) is 5.91 Å². The lowest BCUT2D eigenvalue weighted by Gasteiger charge is -2.38. The predicted octanol–water partition coefficient (Wildman–Crippen LogP) is 1.79. The highest BCUT2D eigenvalue weighted by Gasteiger charge is 2.25. The summed E-state index contributed by atoms with van der Waals surface area (Å²) in [6.07, 6.45) is 1.34. The largest absolute Gasteiger partial charge is 0.497 e. The van der Waals surface area contributed by atoms with Crippen molar-refractivity contribution in [3.8, 4) is 5.75 Å². The van der Waals surface area contributed by atoms with Gasteiger partial charge in [0, 0.05) is 32.1 Å². The van der Waals surface area contributed by atoms with Crippen LogP contribution >= 0.6 is 0 Å². The van der Waals surface area contributed by atoms with Crippen molar-refractivity contribution < 1.29 is 9.53 Å². The molecular formula is C16H24N2O2. The van der Waals surface area contributed by atoms with Crippen LogP contribution in [0.25, 0.3) is 0 Å². The van der Waals surface area contributed by atoms with Gasteiger partial charge in [-0.05, 0) is 38.1 Å². The Morgan fingerprint density at radius 2 is 2.20 bits per heavy atom. The number of likely N-dealkylation sites (N-methyl/N-ethyl adjacent to an activating group) is 1. The SMILES string of the molecule is COc1cccc(CCC(=O)N2CCN(C)CC2C)c1. The van der Waals surface area contributed by atoms with Crippen LogP contribution in [0.15, 0.2) is 24.3 Å². The summed E-state index contributed by atoms with van der Waals surface area (Å²) in [6, 6.07) is 8.25. The van der Waals surface area contributed by atoms with E-state index in [1.165, 1.54) is 0 Å². The van der Waals surface area contributed by atoms with Crippen LogP contribution in [0.3, 0.4) is 0 Å². The Morgan fingerprint density at radius 1 is 1.40 bits per heavy atom. The Bertz CT molecular complexity index is 462. The summed E-state index contributed by atoms with van der Waals surface area (Å²) in [5.74, 6) is 1.11. The van der Waals surface area contributed by atoms with E-state index in [2.05, 4.69) is 18.9 Å². The molecule has 110 valence electrons. The Balaban J connectivity index is 1.88. The summed E-state index contributed by atoms with van der Waals surface area (Å²) >= 11 is 0. The normalized spacial score (nSPS) is 19.9. The van der Waals surface area contributed by atoms with E-state index in [0.717, 1.165) is 37.4 Å². The molecule has 1 aromatic rings. The summed E-state index contributed by atoms with van der Waals surface area (Å²) in [6.45, 7) is 4.90. The van der Waals surface area contributed by atoms with Gasteiger partial charge < -0.3 is 14.5 Å². The number of nitrogens with zero attached hydrogens (tertiary/aromatic N) is 2. The average molecular weight is 276 g/mol. The van der Waals surface area contributed by atoms with Gasteiger partial charge in [0.15, 0.2) is 0 Å². The molecule has 0 bridgehead atoms. The minimum absolute atomic E-state index is 0.258. The first kappa shape index (κ1) is 14.9. The molecule has 1 heterocycles. The molecule has 1 aliphatic rings. The number of hydrogen-bond acceptors (Lipinski definition) is 3. The van der Waals surface area contributed by atoms with Gasteiger partial charge in [-0.3, -0.25) is 4.79 Å². The minimum atomic E-state index is 0.258. The molecular weight excluding hydrogens is 252 g/mol. The number of hydrogen-bond donors (Lipinski definition) is 0. The van der Waals surface area contributed by atoms with E-state index < -0.39 is 0 Å². The number of rotatable bonds is 4. The quantitative estimate of drug-likeness (QED) is 0.840. The molecule has 1 aliphatic heterocycles. The zero-order valence-electron chi connectivity index (χ0n) is 12.6. The highest BCUT2D eigenvalue weighted by Crippen LogP contribution is 2.15. The van der Waals surface area contributed by atoms with Gasteiger partial charge in [-0.1, -0.05) is 12.1 Å². The van der Waals surface area contributed by atoms with Crippen molar-refractivity contribution in [1.29, 1.82) is 0 Å². The van der Waals surface area contributed by atoms with Gasteiger partial charge in [0.05, 0.1) is 7.11 Å². The Hall–Kier alpha value is -1.55. The second-order valence-electron chi connectivity index (χ2n) is 5.55. The van der Waals surface area contributed by atoms with Gasteiger partial charge in [-0.2, -0.15) is 0 Å². The van der Waals surface area contributed by atoms with Gasteiger partial charge in [-0.15, -0.1) is 0 Å². The lowest BCUT2D eigenvalue weighted by Crippen LogP contribution is -2.52. The van der Waals surface area contributed by atoms with E-state index in [9.17, 15) is 4.79 Å². The van der Waals surface area contributed by atoms with Gasteiger partial charge in [0.1, 0.15) is 5.75 Å². The van der Waals surface area contributed by atoms with Crippen molar-refractivity contribution in [1.82, 2.24) is 9.80 Å². The van der Waals surface area contributed by atoms with Crippen LogP contribution in [0.1, 0.15) is 18.9 Å². The van der Waals surface area contributed by atoms with Crippen molar-refractivity contribution in [2.45, 2.75) is 25.8 Å². The molecule has 1 fully saturated rings. The summed E-state index contributed by atoms with van der Waals surface area (Å²) < 4.78 is 5.21. The Kier molecular flexibility index (Phi) is 5.01. The van der Waals surface area contributed by atoms with E-state index in [1.54, 1.807) is 7.11 Å². The van der Waals surface area contributed by atoms with Gasteiger partial charge in [0.25, 0.3) is 0 Å². The van der Waals surface area contributed by atoms with E-state index in [1.807, 2.05) is 29.2 Å². The fourth-order valence-corrected chi connectivity index (χ4v) is 2.73. The molecule has 0 aliphatic carbocycles. The third kappa shape index (κ3) is 3.73. The minimum Gasteiger partial charge on any atom is -0.497 e. The van der Waals surface area contributed by atoms with E-state index in [-0.39, 0.29) is 5.91 Å². The number of piperazine rings is 1. The number of amides is 1. The van der Waals surface area contributed by atoms with Crippen molar-refractivity contribution >= 4 is 5.91 Å². The molecule has 2 rings (SSSR count). The number of aryl methyl sites for hydroxylation is 1. The lowest BCUT2D eigenvalue weighted by atomic mass is 10.1. The second-order valence-corrected chi connectivity index (χ2v) is 5.55. The molecule has 0 spiro atoms. The van der Waals surface area contributed by atoms with Crippen molar-refractivity contribution in [2.75, 3.05) is 33.8 Å². The van der Waals surface area contributed by atoms with Crippen LogP contribution in [0, 0.1) is 0 Å². The molecule has 20 heavy (non-hydrogen) atoms. The second kappa shape index (κ2) is 6.75. The lowest BCUT2D eigenvalue weighted by molar-refractivity contribution is -0.135. The molecule has 4 nitrogen and oxygen atoms in total. The zero-order chi connectivity index (χ0) is 14.5. The van der Waals surface area contributed by atoms with Crippen LogP contribution in [-0.4, -0.2) is 55.5 Å². The molecule has 0 aromatic heterocycles. The topological polar surface area (TPSA) is 32.8 Å². The smallest absolute Gasteiger partial charge is 0.223 e. The summed E-state index contributed by atoms with van der Waals surface area (Å²) in [7, 11) is 3.77. The molecule has 0 radical (unpaired) electrons. The highest BCUT2D eigenvalue weighted by molar-refractivity contribution is 5.77. The molecule has 1 saturated heterocycles. The summed E-state index contributed by atoms with van der Waals surface area (Å²) in [5, 5.41) is 0. The van der Waals surface area contributed by atoms with E-state index in [4.69, 9.17) is 4.74 Å². The average Bonchev–Trinajstić information content (AvgIpc) is 2.45. The Morgan fingerprint density at radius 3 is 2.90 bits per heavy atom. The maximum absolute atomic E-state index is 12.3. The molecule has 1 aromatic carbocycles. The zero-order valence-corrected chi connectivity index (χ0v) is 12.6. The van der Waals surface area contributed by atoms with Crippen molar-refractivity contribution in [3.05, 3.63) is 29.8 Å². The maximum Gasteiger partial charge on any atom is 0.223 e. The van der Waals surface area contributed by atoms with Crippen molar-refractivity contribution in [2.24, 2.45) is 0 Å². The summed E-state index contributed by atoms with van der Waals surface area (Å²) in [5.41, 5.74) is 1.15. The number of carbonyl (C=O) groups excluding carboxylic acids is 1. The molecule has 1 unspecified atom stereocenters. The number of benzene rings is 1. The first-order valence-electron chi connectivity index (χ1n) is 7.21. The van der Waals surface area contributed by atoms with Crippen LogP contribution in [0.4, 0.5) is 0 Å². The van der Waals surface area contributed by atoms with Gasteiger partial charge in [-0.25, -0.2) is 0 Å². The van der Waals surface area contributed by atoms with Crippen LogP contribution in [-0.2, 0) is 11.2 Å². The van der Waals surface area contributed by atoms with Crippen LogP contribution < -0.4 is 4.74 Å². The molecule has 1 amide bonds. The monoisotopic (exact) mass is 276 g/mol.